The Morgan fingerprint density at radius 3 is 2.84 bits per heavy atom. The number of carbonyl (C=O) groups is 1. The molecule has 37 heavy (non-hydrogen) atoms. The lowest BCUT2D eigenvalue weighted by Gasteiger charge is -2.25. The molecule has 0 saturated carbocycles. The van der Waals surface area contributed by atoms with Crippen LogP contribution < -0.4 is 15.8 Å². The van der Waals surface area contributed by atoms with Crippen molar-refractivity contribution in [3.8, 4) is 11.9 Å². The minimum Gasteiger partial charge on any atom is -0.461 e. The first-order valence-corrected chi connectivity index (χ1v) is 12.1. The SMILES string of the molecule is CCOC(=O)c1nn(CCNc2ccnc3cc(Cl)ccc23)c2c1C(c1ccccc1)C(C#N)=C(N)O2. The number of aromatic nitrogens is 3. The maximum Gasteiger partial charge on any atom is 0.359 e. The highest BCUT2D eigenvalue weighted by Gasteiger charge is 2.39. The maximum absolute atomic E-state index is 12.9. The van der Waals surface area contributed by atoms with Gasteiger partial charge in [-0.3, -0.25) is 4.98 Å². The van der Waals surface area contributed by atoms with Gasteiger partial charge in [0.1, 0.15) is 11.6 Å². The number of hydrogen-bond acceptors (Lipinski definition) is 8. The Balaban J connectivity index is 1.51. The van der Waals surface area contributed by atoms with Crippen molar-refractivity contribution in [3.63, 3.8) is 0 Å². The van der Waals surface area contributed by atoms with Gasteiger partial charge in [-0.25, -0.2) is 9.48 Å². The predicted octanol–water partition coefficient (Wildman–Crippen LogP) is 4.59. The van der Waals surface area contributed by atoms with Gasteiger partial charge in [0.2, 0.25) is 11.8 Å². The summed E-state index contributed by atoms with van der Waals surface area (Å²) < 4.78 is 12.7. The molecule has 9 nitrogen and oxygen atoms in total. The van der Waals surface area contributed by atoms with Crippen LogP contribution in [0.4, 0.5) is 5.69 Å². The van der Waals surface area contributed by atoms with Crippen LogP contribution in [0.3, 0.4) is 0 Å². The summed E-state index contributed by atoms with van der Waals surface area (Å²) >= 11 is 6.10. The van der Waals surface area contributed by atoms with Crippen molar-refractivity contribution in [2.75, 3.05) is 18.5 Å². The zero-order chi connectivity index (χ0) is 25.9. The van der Waals surface area contributed by atoms with Gasteiger partial charge in [-0.05, 0) is 36.8 Å². The number of nitrogens with one attached hydrogen (secondary N) is 1. The van der Waals surface area contributed by atoms with E-state index in [1.807, 2.05) is 48.5 Å². The van der Waals surface area contributed by atoms with Crippen molar-refractivity contribution in [1.29, 1.82) is 5.26 Å². The number of ether oxygens (including phenoxy) is 2. The van der Waals surface area contributed by atoms with Gasteiger partial charge in [0, 0.05) is 28.8 Å². The van der Waals surface area contributed by atoms with Crippen LogP contribution in [-0.4, -0.2) is 33.9 Å². The molecule has 1 atom stereocenters. The molecule has 0 spiro atoms. The quantitative estimate of drug-likeness (QED) is 0.343. The Morgan fingerprint density at radius 1 is 1.27 bits per heavy atom. The van der Waals surface area contributed by atoms with Crippen LogP contribution in [0.2, 0.25) is 5.02 Å². The number of nitriles is 1. The van der Waals surface area contributed by atoms with E-state index in [0.717, 1.165) is 22.2 Å². The molecule has 1 unspecified atom stereocenters. The Kier molecular flexibility index (Phi) is 6.66. The summed E-state index contributed by atoms with van der Waals surface area (Å²) in [7, 11) is 0. The van der Waals surface area contributed by atoms with Crippen LogP contribution >= 0.6 is 11.6 Å². The molecule has 2 aromatic heterocycles. The van der Waals surface area contributed by atoms with E-state index in [9.17, 15) is 10.1 Å². The predicted molar refractivity (Wildman–Crippen MR) is 139 cm³/mol. The lowest BCUT2D eigenvalue weighted by atomic mass is 9.84. The Morgan fingerprint density at radius 2 is 2.08 bits per heavy atom. The van der Waals surface area contributed by atoms with Gasteiger partial charge in [0.05, 0.1) is 30.1 Å². The van der Waals surface area contributed by atoms with Crippen molar-refractivity contribution in [2.45, 2.75) is 19.4 Å². The normalized spacial score (nSPS) is 14.6. The molecule has 2 aromatic carbocycles. The summed E-state index contributed by atoms with van der Waals surface area (Å²) in [6.45, 7) is 2.70. The summed E-state index contributed by atoms with van der Waals surface area (Å²) in [6, 6.07) is 18.9. The number of benzene rings is 2. The second-order valence-corrected chi connectivity index (χ2v) is 8.73. The highest BCUT2D eigenvalue weighted by atomic mass is 35.5. The highest BCUT2D eigenvalue weighted by molar-refractivity contribution is 6.31. The van der Waals surface area contributed by atoms with Gasteiger partial charge >= 0.3 is 5.97 Å². The summed E-state index contributed by atoms with van der Waals surface area (Å²) in [5, 5.41) is 19.4. The van der Waals surface area contributed by atoms with Gasteiger partial charge in [-0.15, -0.1) is 0 Å². The molecule has 10 heteroatoms. The number of fused-ring (bicyclic) bond motifs is 2. The van der Waals surface area contributed by atoms with E-state index in [0.29, 0.717) is 29.6 Å². The number of esters is 1. The van der Waals surface area contributed by atoms with Crippen LogP contribution in [0, 0.1) is 11.3 Å². The Bertz CT molecular complexity index is 1560. The van der Waals surface area contributed by atoms with Crippen LogP contribution in [-0.2, 0) is 11.3 Å². The van der Waals surface area contributed by atoms with Gasteiger partial charge in [0.25, 0.3) is 0 Å². The number of nitrogens with zero attached hydrogens (tertiary/aromatic N) is 4. The van der Waals surface area contributed by atoms with Crippen LogP contribution in [0.1, 0.15) is 34.5 Å². The second-order valence-electron chi connectivity index (χ2n) is 8.29. The van der Waals surface area contributed by atoms with E-state index in [1.165, 1.54) is 0 Å². The smallest absolute Gasteiger partial charge is 0.359 e. The number of nitrogens with two attached hydrogens (primary N) is 1. The monoisotopic (exact) mass is 514 g/mol. The van der Waals surface area contributed by atoms with E-state index in [2.05, 4.69) is 21.5 Å². The molecule has 0 radical (unpaired) electrons. The van der Waals surface area contributed by atoms with Crippen LogP contribution in [0.5, 0.6) is 5.88 Å². The third-order valence-electron chi connectivity index (χ3n) is 6.06. The molecule has 0 bridgehead atoms. The number of pyridine rings is 1. The Labute approximate surface area is 218 Å². The number of allylic oxidation sites excluding steroid dienone is 1. The van der Waals surface area contributed by atoms with Gasteiger partial charge in [-0.1, -0.05) is 41.9 Å². The number of anilines is 1. The molecule has 0 aliphatic carbocycles. The molecular formula is C27H23ClN6O3. The number of hydrogen-bond donors (Lipinski definition) is 2. The van der Waals surface area contributed by atoms with E-state index in [4.69, 9.17) is 26.8 Å². The molecule has 4 aromatic rings. The van der Waals surface area contributed by atoms with Gasteiger partial charge in [0.15, 0.2) is 5.69 Å². The molecule has 0 fully saturated rings. The van der Waals surface area contributed by atoms with Crippen molar-refractivity contribution < 1.29 is 14.3 Å². The topological polar surface area (TPSA) is 128 Å². The second kappa shape index (κ2) is 10.2. The minimum atomic E-state index is -0.620. The van der Waals surface area contributed by atoms with E-state index in [-0.39, 0.29) is 23.8 Å². The Hall–Kier alpha value is -4.55. The lowest BCUT2D eigenvalue weighted by Crippen LogP contribution is -2.23. The average molecular weight is 515 g/mol. The first-order valence-electron chi connectivity index (χ1n) is 11.7. The first-order chi connectivity index (χ1) is 18.0. The third-order valence-corrected chi connectivity index (χ3v) is 6.29. The molecule has 0 amide bonds. The molecule has 1 aliphatic rings. The van der Waals surface area contributed by atoms with Crippen molar-refractivity contribution in [2.24, 2.45) is 5.73 Å². The standard InChI is InChI=1S/C27H23ClN6O3/c1-2-36-27(35)24-23-22(16-6-4-3-5-7-16)19(15-29)25(30)37-26(23)34(33-24)13-12-32-20-10-11-31-21-14-17(28)8-9-18(20)21/h3-11,14,22H,2,12-13,30H2,1H3,(H,31,32). The summed E-state index contributed by atoms with van der Waals surface area (Å²) in [5.74, 6) is -0.929. The fraction of sp³-hybridized carbons (Fsp3) is 0.185. The number of halogens is 1. The highest BCUT2D eigenvalue weighted by Crippen LogP contribution is 2.44. The largest absolute Gasteiger partial charge is 0.461 e. The van der Waals surface area contributed by atoms with E-state index >= 15 is 0 Å². The van der Waals surface area contributed by atoms with Gasteiger partial charge in [-0.2, -0.15) is 10.4 Å². The molecular weight excluding hydrogens is 492 g/mol. The summed E-state index contributed by atoms with van der Waals surface area (Å²) in [6.07, 6.45) is 1.71. The third kappa shape index (κ3) is 4.55. The number of rotatable bonds is 7. The fourth-order valence-electron chi connectivity index (χ4n) is 4.45. The zero-order valence-electron chi connectivity index (χ0n) is 19.9. The van der Waals surface area contributed by atoms with Gasteiger partial charge < -0.3 is 20.5 Å². The van der Waals surface area contributed by atoms with E-state index < -0.39 is 11.9 Å². The molecule has 1 aliphatic heterocycles. The lowest BCUT2D eigenvalue weighted by molar-refractivity contribution is 0.0517. The van der Waals surface area contributed by atoms with Crippen molar-refractivity contribution in [1.82, 2.24) is 14.8 Å². The average Bonchev–Trinajstić information content (AvgIpc) is 3.26. The summed E-state index contributed by atoms with van der Waals surface area (Å²) in [4.78, 5) is 17.3. The van der Waals surface area contributed by atoms with Crippen LogP contribution in [0.25, 0.3) is 10.9 Å². The van der Waals surface area contributed by atoms with Crippen molar-refractivity contribution in [3.05, 3.63) is 94.1 Å². The fourth-order valence-corrected chi connectivity index (χ4v) is 4.61. The molecule has 3 N–H and O–H groups in total. The van der Waals surface area contributed by atoms with Crippen molar-refractivity contribution >= 4 is 34.2 Å². The number of carbonyl (C=O) groups excluding carboxylic acids is 1. The van der Waals surface area contributed by atoms with Crippen LogP contribution in [0.15, 0.2) is 72.3 Å². The maximum atomic E-state index is 12.9. The summed E-state index contributed by atoms with van der Waals surface area (Å²) in [5.41, 5.74) is 9.38. The molecule has 5 rings (SSSR count). The zero-order valence-corrected chi connectivity index (χ0v) is 20.7. The molecule has 0 saturated heterocycles. The molecule has 186 valence electrons. The minimum absolute atomic E-state index is 0.0228. The first kappa shape index (κ1) is 24.2. The van der Waals surface area contributed by atoms with E-state index in [1.54, 1.807) is 23.9 Å². The molecule has 3 heterocycles.